The molecule has 0 bridgehead atoms. The van der Waals surface area contributed by atoms with Gasteiger partial charge in [0.25, 0.3) is 0 Å². The number of hydrogen-bond acceptors (Lipinski definition) is 3. The number of nitrogen functional groups attached to an aromatic ring is 1. The lowest BCUT2D eigenvalue weighted by Gasteiger charge is -2.13. The van der Waals surface area contributed by atoms with E-state index in [1.807, 2.05) is 23.5 Å². The van der Waals surface area contributed by atoms with E-state index >= 15 is 0 Å². The molecule has 0 amide bonds. The van der Waals surface area contributed by atoms with Crippen molar-refractivity contribution in [1.82, 2.24) is 0 Å². The van der Waals surface area contributed by atoms with Crippen LogP contribution >= 0.6 is 23.5 Å². The molecule has 1 nitrogen and oxygen atoms in total. The molecule has 3 aromatic rings. The number of rotatable bonds is 6. The molecule has 3 aromatic carbocycles. The summed E-state index contributed by atoms with van der Waals surface area (Å²) in [6.07, 6.45) is 0. The molecule has 0 saturated heterocycles. The van der Waals surface area contributed by atoms with Crippen molar-refractivity contribution in [3.63, 3.8) is 0 Å². The summed E-state index contributed by atoms with van der Waals surface area (Å²) in [7, 11) is 0. The Labute approximate surface area is 152 Å². The maximum absolute atomic E-state index is 6.14. The predicted octanol–water partition coefficient (Wildman–Crippen LogP) is 6.16. The Morgan fingerprint density at radius 2 is 1.12 bits per heavy atom. The van der Waals surface area contributed by atoms with Crippen molar-refractivity contribution in [3.8, 4) is 0 Å². The lowest BCUT2D eigenvalue weighted by atomic mass is 10.2. The van der Waals surface area contributed by atoms with Crippen molar-refractivity contribution in [2.24, 2.45) is 0 Å². The molecule has 3 heteroatoms. The fourth-order valence-electron chi connectivity index (χ4n) is 2.45. The van der Waals surface area contributed by atoms with Crippen LogP contribution in [0.5, 0.6) is 0 Å². The first-order valence-corrected chi connectivity index (χ1v) is 9.93. The quantitative estimate of drug-likeness (QED) is 0.425. The van der Waals surface area contributed by atoms with Crippen molar-refractivity contribution in [2.75, 3.05) is 5.73 Å². The molecule has 2 N–H and O–H groups in total. The highest BCUT2D eigenvalue weighted by Crippen LogP contribution is 2.36. The van der Waals surface area contributed by atoms with E-state index in [1.54, 1.807) is 0 Å². The van der Waals surface area contributed by atoms with E-state index in [1.165, 1.54) is 26.5 Å². The molecule has 0 atom stereocenters. The van der Waals surface area contributed by atoms with Gasteiger partial charge in [-0.05, 0) is 35.7 Å². The van der Waals surface area contributed by atoms with Crippen molar-refractivity contribution in [2.45, 2.75) is 28.2 Å². The molecule has 0 radical (unpaired) electrons. The van der Waals surface area contributed by atoms with Gasteiger partial charge < -0.3 is 5.73 Å². The second kappa shape index (κ2) is 8.32. The molecule has 122 valence electrons. The van der Waals surface area contributed by atoms with Crippen molar-refractivity contribution in [1.29, 1.82) is 0 Å². The summed E-state index contributed by atoms with van der Waals surface area (Å²) in [5, 5.41) is 0. The lowest BCUT2D eigenvalue weighted by molar-refractivity contribution is 1.18. The molecule has 3 rings (SSSR count). The summed E-state index contributed by atoms with van der Waals surface area (Å²) in [4.78, 5) is 2.55. The van der Waals surface area contributed by atoms with Gasteiger partial charge in [-0.25, -0.2) is 0 Å². The third-order valence-corrected chi connectivity index (χ3v) is 6.23. The molecule has 0 spiro atoms. The van der Waals surface area contributed by atoms with Crippen molar-refractivity contribution >= 4 is 29.2 Å². The third kappa shape index (κ3) is 4.59. The number of thioether (sulfide) groups is 2. The Bertz CT molecular complexity index is 721. The molecule has 24 heavy (non-hydrogen) atoms. The molecule has 0 fully saturated rings. The van der Waals surface area contributed by atoms with Crippen molar-refractivity contribution < 1.29 is 0 Å². The van der Waals surface area contributed by atoms with Crippen LogP contribution < -0.4 is 5.73 Å². The van der Waals surface area contributed by atoms with E-state index < -0.39 is 0 Å². The molecule has 0 unspecified atom stereocenters. The SMILES string of the molecule is Cc1c(SCc2ccccc2)cc(N)cc1SCc1ccccc1. The maximum Gasteiger partial charge on any atom is 0.0336 e. The Hall–Kier alpha value is -1.84. The normalized spacial score (nSPS) is 10.7. The van der Waals surface area contributed by atoms with E-state index in [4.69, 9.17) is 5.73 Å². The van der Waals surface area contributed by atoms with Gasteiger partial charge in [0, 0.05) is 27.0 Å². The van der Waals surface area contributed by atoms with E-state index in [-0.39, 0.29) is 0 Å². The molecule has 0 heterocycles. The molecule has 0 aliphatic rings. The Kier molecular flexibility index (Phi) is 5.89. The highest BCUT2D eigenvalue weighted by atomic mass is 32.2. The minimum atomic E-state index is 0.840. The Morgan fingerprint density at radius 3 is 1.54 bits per heavy atom. The van der Waals surface area contributed by atoms with Crippen LogP contribution in [-0.2, 0) is 11.5 Å². The van der Waals surface area contributed by atoms with Gasteiger partial charge in [-0.1, -0.05) is 60.7 Å². The smallest absolute Gasteiger partial charge is 0.0336 e. The topological polar surface area (TPSA) is 26.0 Å². The average Bonchev–Trinajstić information content (AvgIpc) is 2.62. The zero-order valence-corrected chi connectivity index (χ0v) is 15.4. The van der Waals surface area contributed by atoms with Gasteiger partial charge >= 0.3 is 0 Å². The largest absolute Gasteiger partial charge is 0.399 e. The monoisotopic (exact) mass is 351 g/mol. The van der Waals surface area contributed by atoms with Gasteiger partial charge in [-0.3, -0.25) is 0 Å². The fourth-order valence-corrected chi connectivity index (χ4v) is 4.64. The Morgan fingerprint density at radius 1 is 0.708 bits per heavy atom. The summed E-state index contributed by atoms with van der Waals surface area (Å²) in [5.74, 6) is 1.93. The number of anilines is 1. The van der Waals surface area contributed by atoms with Gasteiger partial charge in [-0.15, -0.1) is 23.5 Å². The van der Waals surface area contributed by atoms with E-state index in [0.29, 0.717) is 0 Å². The summed E-state index contributed by atoms with van der Waals surface area (Å²) in [6.45, 7) is 2.19. The molecular weight excluding hydrogens is 330 g/mol. The summed E-state index contributed by atoms with van der Waals surface area (Å²) < 4.78 is 0. The zero-order valence-electron chi connectivity index (χ0n) is 13.7. The van der Waals surface area contributed by atoms with Gasteiger partial charge in [0.1, 0.15) is 0 Å². The van der Waals surface area contributed by atoms with Crippen LogP contribution in [0.3, 0.4) is 0 Å². The second-order valence-corrected chi connectivity index (χ2v) is 7.73. The summed E-state index contributed by atoms with van der Waals surface area (Å²) in [5.41, 5.74) is 11.0. The maximum atomic E-state index is 6.14. The van der Waals surface area contributed by atoms with E-state index in [9.17, 15) is 0 Å². The third-order valence-electron chi connectivity index (χ3n) is 3.81. The molecule has 0 saturated carbocycles. The van der Waals surface area contributed by atoms with Crippen LogP contribution in [0.25, 0.3) is 0 Å². The first kappa shape index (κ1) is 17.0. The van der Waals surface area contributed by atoms with Gasteiger partial charge in [-0.2, -0.15) is 0 Å². The first-order chi connectivity index (χ1) is 11.7. The standard InChI is InChI=1S/C21H21NS2/c1-16-20(23-14-17-8-4-2-5-9-17)12-19(22)13-21(16)24-15-18-10-6-3-7-11-18/h2-13H,14-15,22H2,1H3. The summed E-state index contributed by atoms with van der Waals surface area (Å²) in [6, 6.07) is 25.3. The van der Waals surface area contributed by atoms with E-state index in [2.05, 4.69) is 79.7 Å². The van der Waals surface area contributed by atoms with Crippen LogP contribution in [0.1, 0.15) is 16.7 Å². The average molecular weight is 352 g/mol. The number of nitrogens with two attached hydrogens (primary N) is 1. The first-order valence-electron chi connectivity index (χ1n) is 7.96. The van der Waals surface area contributed by atoms with Gasteiger partial charge in [0.2, 0.25) is 0 Å². The van der Waals surface area contributed by atoms with Crippen LogP contribution in [0.15, 0.2) is 82.6 Å². The minimum Gasteiger partial charge on any atom is -0.399 e. The molecule has 0 aliphatic heterocycles. The van der Waals surface area contributed by atoms with Gasteiger partial charge in [0.15, 0.2) is 0 Å². The Balaban J connectivity index is 1.72. The molecular formula is C21H21NS2. The van der Waals surface area contributed by atoms with Gasteiger partial charge in [0.05, 0.1) is 0 Å². The van der Waals surface area contributed by atoms with Crippen LogP contribution in [0.2, 0.25) is 0 Å². The number of hydrogen-bond donors (Lipinski definition) is 1. The highest BCUT2D eigenvalue weighted by molar-refractivity contribution is 7.99. The van der Waals surface area contributed by atoms with Crippen LogP contribution in [0, 0.1) is 6.92 Å². The van der Waals surface area contributed by atoms with Crippen molar-refractivity contribution in [3.05, 3.63) is 89.5 Å². The molecule has 0 aliphatic carbocycles. The second-order valence-electron chi connectivity index (χ2n) is 5.69. The fraction of sp³-hybridized carbons (Fsp3) is 0.143. The van der Waals surface area contributed by atoms with Crippen LogP contribution in [0.4, 0.5) is 5.69 Å². The predicted molar refractivity (Wildman–Crippen MR) is 108 cm³/mol. The minimum absolute atomic E-state index is 0.840. The van der Waals surface area contributed by atoms with E-state index in [0.717, 1.165) is 17.2 Å². The summed E-state index contributed by atoms with van der Waals surface area (Å²) >= 11 is 3.71. The van der Waals surface area contributed by atoms with Crippen LogP contribution in [-0.4, -0.2) is 0 Å². The molecule has 0 aromatic heterocycles. The number of benzene rings is 3. The zero-order chi connectivity index (χ0) is 16.8. The highest BCUT2D eigenvalue weighted by Gasteiger charge is 2.08. The lowest BCUT2D eigenvalue weighted by Crippen LogP contribution is -1.92.